The number of hydrogen-bond acceptors (Lipinski definition) is 17. The molecule has 2 aliphatic heterocycles. The van der Waals surface area contributed by atoms with Crippen molar-refractivity contribution < 1.29 is 91.0 Å². The molecule has 2 fully saturated rings. The Kier molecular flexibility index (Phi) is 10.2. The van der Waals surface area contributed by atoms with Gasteiger partial charge in [0.05, 0.1) is 12.9 Å². The van der Waals surface area contributed by atoms with Gasteiger partial charge in [0.15, 0.2) is 42.0 Å². The number of phosphoric acid groups is 2. The van der Waals surface area contributed by atoms with Gasteiger partial charge in [-0.3, -0.25) is 18.2 Å². The molecular formula is C21H28N6O18P3+. The van der Waals surface area contributed by atoms with Crippen molar-refractivity contribution in [2.24, 2.45) is 0 Å². The summed E-state index contributed by atoms with van der Waals surface area (Å²) < 4.78 is 63.8. The van der Waals surface area contributed by atoms with Crippen LogP contribution in [0.1, 0.15) is 22.8 Å². The first-order valence-electron chi connectivity index (χ1n) is 13.2. The van der Waals surface area contributed by atoms with Gasteiger partial charge in [0.1, 0.15) is 47.9 Å². The van der Waals surface area contributed by atoms with Crippen molar-refractivity contribution in [1.29, 1.82) is 0 Å². The molecule has 3 aromatic heterocycles. The van der Waals surface area contributed by atoms with Crippen LogP contribution in [0.3, 0.4) is 0 Å². The van der Waals surface area contributed by atoms with Crippen LogP contribution in [0.25, 0.3) is 11.2 Å². The molecule has 2 aliphatic rings. The summed E-state index contributed by atoms with van der Waals surface area (Å²) in [4.78, 5) is 62.3. The molecule has 264 valence electrons. The lowest BCUT2D eigenvalue weighted by Crippen LogP contribution is -2.46. The van der Waals surface area contributed by atoms with E-state index >= 15 is 0 Å². The molecule has 3 aromatic rings. The van der Waals surface area contributed by atoms with Crippen molar-refractivity contribution in [2.45, 2.75) is 54.9 Å². The summed E-state index contributed by atoms with van der Waals surface area (Å²) in [6.45, 7) is -1.15. The fourth-order valence-corrected chi connectivity index (χ4v) is 8.19. The van der Waals surface area contributed by atoms with Crippen LogP contribution in [0.5, 0.6) is 0 Å². The Hall–Kier alpha value is -2.86. The Morgan fingerprint density at radius 2 is 1.77 bits per heavy atom. The molecule has 0 aromatic carbocycles. The van der Waals surface area contributed by atoms with Crippen molar-refractivity contribution >= 4 is 46.2 Å². The summed E-state index contributed by atoms with van der Waals surface area (Å²) in [6, 6.07) is 2.45. The van der Waals surface area contributed by atoms with E-state index in [1.54, 1.807) is 0 Å². The van der Waals surface area contributed by atoms with Crippen LogP contribution >= 0.6 is 23.2 Å². The van der Waals surface area contributed by atoms with Gasteiger partial charge in [0.25, 0.3) is 6.23 Å². The van der Waals surface area contributed by atoms with E-state index in [-0.39, 0.29) is 22.5 Å². The number of aliphatic hydroxyl groups is 4. The maximum atomic E-state index is 12.9. The van der Waals surface area contributed by atoms with Gasteiger partial charge in [-0.15, -0.1) is 0 Å². The number of aromatic nitrogens is 5. The predicted octanol–water partition coefficient (Wildman–Crippen LogP) is -2.91. The summed E-state index contributed by atoms with van der Waals surface area (Å²) >= 11 is 0. The first kappa shape index (κ1) is 36.4. The lowest BCUT2D eigenvalue weighted by molar-refractivity contribution is -0.766. The van der Waals surface area contributed by atoms with Gasteiger partial charge in [-0.2, -0.15) is 4.57 Å². The number of hydrogen-bond donors (Lipinski definition) is 10. The van der Waals surface area contributed by atoms with Crippen LogP contribution in [-0.4, -0.2) is 120 Å². The number of pyridine rings is 1. The number of phosphoric ester groups is 2. The summed E-state index contributed by atoms with van der Waals surface area (Å²) in [7, 11) is -16.7. The van der Waals surface area contributed by atoms with Gasteiger partial charge in [-0.25, -0.2) is 33.2 Å². The number of anilines is 1. The molecular weight excluding hydrogens is 717 g/mol. The molecule has 3 unspecified atom stereocenters. The Morgan fingerprint density at radius 3 is 2.44 bits per heavy atom. The molecule has 0 saturated carbocycles. The highest BCUT2D eigenvalue weighted by Gasteiger charge is 2.57. The zero-order valence-corrected chi connectivity index (χ0v) is 26.4. The smallest absolute Gasteiger partial charge is 0.477 e. The minimum absolute atomic E-state index is 0.0244. The molecule has 2 saturated heterocycles. The van der Waals surface area contributed by atoms with E-state index in [2.05, 4.69) is 28.3 Å². The lowest BCUT2D eigenvalue weighted by atomic mass is 10.1. The zero-order chi connectivity index (χ0) is 35.3. The first-order valence-corrected chi connectivity index (χ1v) is 17.9. The highest BCUT2D eigenvalue weighted by Crippen LogP contribution is 2.63. The molecule has 24 nitrogen and oxygen atoms in total. The van der Waals surface area contributed by atoms with Crippen LogP contribution in [0, 0.1) is 0 Å². The van der Waals surface area contributed by atoms with Gasteiger partial charge in [-0.1, -0.05) is 0 Å². The molecule has 11 atom stereocenters. The van der Waals surface area contributed by atoms with E-state index < -0.39 is 90.7 Å². The number of nitrogen functional groups attached to an aromatic ring is 1. The second-order valence-corrected chi connectivity index (χ2v) is 15.0. The van der Waals surface area contributed by atoms with Crippen LogP contribution in [-0.2, 0) is 36.5 Å². The van der Waals surface area contributed by atoms with Crippen molar-refractivity contribution in [3.05, 3.63) is 42.7 Å². The van der Waals surface area contributed by atoms with Gasteiger partial charge < -0.3 is 60.3 Å². The SMILES string of the molecule is Nc1ncnc2c1ncn2[C@@H]1O[C@H](COP(=O)(O)OP(=O)(O)C(O)[C@@H]2O[C@@H]([n+]3cccc(C(=O)O)c3)[C@H](O)[C@@H]2O)[C@@H](O)[C@H]1OP(=O)(O)O. The second-order valence-electron chi connectivity index (χ2n) is 10.3. The standard InChI is InChI=1S/C21H27N6O18P3/c22-16-10-17(24-6-23-16)27(7-25-10)19-14(44-47(36,37)38)11(28)9(42-19)5-41-48(39,40)45-46(34,35)21(33)15-12(29)13(30)18(43-15)26-3-1-2-8(4-26)20(31)32/h1-4,6-7,9,11-15,18-19,21,28-30,33H,5H2,(H6-,22,23,24,31,32,34,35,36,37,38,39,40)/p+1/t9-,11-,12+,13-,14-,15-,18-,19-,21?/m1/s1. The number of aromatic carboxylic acids is 1. The van der Waals surface area contributed by atoms with Crippen LogP contribution < -0.4 is 10.3 Å². The average molecular weight is 745 g/mol. The van der Waals surface area contributed by atoms with Crippen molar-refractivity contribution in [3.63, 3.8) is 0 Å². The first-order chi connectivity index (χ1) is 22.3. The molecule has 0 spiro atoms. The van der Waals surface area contributed by atoms with E-state index in [9.17, 15) is 63.6 Å². The fourth-order valence-electron chi connectivity index (χ4n) is 4.94. The largest absolute Gasteiger partial charge is 0.479 e. The van der Waals surface area contributed by atoms with Crippen molar-refractivity contribution in [1.82, 2.24) is 19.5 Å². The van der Waals surface area contributed by atoms with Crippen molar-refractivity contribution in [2.75, 3.05) is 12.3 Å². The molecule has 48 heavy (non-hydrogen) atoms. The monoisotopic (exact) mass is 745 g/mol. The van der Waals surface area contributed by atoms with Crippen LogP contribution in [0.2, 0.25) is 0 Å². The summed E-state index contributed by atoms with van der Waals surface area (Å²) in [5.41, 5.74) is 5.50. The molecule has 27 heteroatoms. The molecule has 0 bridgehead atoms. The van der Waals surface area contributed by atoms with Gasteiger partial charge >= 0.3 is 29.2 Å². The normalized spacial score (nSPS) is 31.0. The number of rotatable bonds is 12. The third kappa shape index (κ3) is 7.49. The van der Waals surface area contributed by atoms with E-state index in [1.165, 1.54) is 18.3 Å². The summed E-state index contributed by atoms with van der Waals surface area (Å²) in [6.07, 6.45) is -10.6. The Balaban J connectivity index is 1.28. The number of carbonyl (C=O) groups is 1. The second kappa shape index (κ2) is 13.5. The van der Waals surface area contributed by atoms with Gasteiger partial charge in [0, 0.05) is 6.07 Å². The predicted molar refractivity (Wildman–Crippen MR) is 149 cm³/mol. The Morgan fingerprint density at radius 1 is 1.06 bits per heavy atom. The maximum absolute atomic E-state index is 12.9. The molecule has 0 radical (unpaired) electrons. The average Bonchev–Trinajstić information content (AvgIpc) is 3.65. The number of ether oxygens (including phenoxy) is 2. The van der Waals surface area contributed by atoms with E-state index in [0.29, 0.717) is 0 Å². The number of carboxylic acid groups (broad SMARTS) is 1. The Labute approximate surface area is 266 Å². The third-order valence-electron chi connectivity index (χ3n) is 7.12. The number of fused-ring (bicyclic) bond motifs is 1. The molecule has 11 N–H and O–H groups in total. The number of carboxylic acids is 1. The quantitative estimate of drug-likeness (QED) is 0.0656. The molecule has 0 amide bonds. The lowest BCUT2D eigenvalue weighted by Gasteiger charge is -2.25. The van der Waals surface area contributed by atoms with Crippen LogP contribution in [0.4, 0.5) is 5.82 Å². The highest BCUT2D eigenvalue weighted by molar-refractivity contribution is 7.64. The minimum atomic E-state index is -5.71. The topological polar surface area (TPSA) is 370 Å². The summed E-state index contributed by atoms with van der Waals surface area (Å²) in [5, 5.41) is 51.3. The molecule has 5 heterocycles. The maximum Gasteiger partial charge on any atom is 0.479 e. The highest BCUT2D eigenvalue weighted by atomic mass is 31.3. The number of aliphatic hydroxyl groups excluding tert-OH is 4. The van der Waals surface area contributed by atoms with E-state index in [1.807, 2.05) is 0 Å². The third-order valence-corrected chi connectivity index (χ3v) is 10.8. The van der Waals surface area contributed by atoms with E-state index in [4.69, 9.17) is 15.2 Å². The minimum Gasteiger partial charge on any atom is -0.477 e. The number of imidazole rings is 1. The van der Waals surface area contributed by atoms with Gasteiger partial charge in [0.2, 0.25) is 0 Å². The zero-order valence-electron chi connectivity index (χ0n) is 23.7. The van der Waals surface area contributed by atoms with Crippen molar-refractivity contribution in [3.8, 4) is 0 Å². The molecule has 0 aliphatic carbocycles. The number of nitrogens with two attached hydrogens (primary N) is 1. The van der Waals surface area contributed by atoms with Gasteiger partial charge in [-0.05, 0) is 6.07 Å². The number of nitrogens with zero attached hydrogens (tertiary/aromatic N) is 5. The Bertz CT molecular complexity index is 1830. The molecule has 5 rings (SSSR count). The fraction of sp³-hybridized carbons (Fsp3) is 0.476. The summed E-state index contributed by atoms with van der Waals surface area (Å²) in [5.74, 6) is -4.22. The van der Waals surface area contributed by atoms with E-state index in [0.717, 1.165) is 28.0 Å². The van der Waals surface area contributed by atoms with Crippen LogP contribution in [0.15, 0.2) is 37.2 Å².